The van der Waals surface area contributed by atoms with Gasteiger partial charge in [0.15, 0.2) is 9.84 Å². The fraction of sp³-hybridized carbons (Fsp3) is 0.389. The number of amides is 2. The molecular weight excluding hydrogens is 423 g/mol. The summed E-state index contributed by atoms with van der Waals surface area (Å²) in [5.41, 5.74) is 0.575. The highest BCUT2D eigenvalue weighted by molar-refractivity contribution is 8.26. The minimum Gasteiger partial charge on any atom is -0.352 e. The largest absolute Gasteiger partial charge is 0.352 e. The fourth-order valence-electron chi connectivity index (χ4n) is 3.05. The normalized spacial score (nSPS) is 22.8. The number of nitrogens with one attached hydrogen (secondary N) is 1. The number of hydrogen-bond donors (Lipinski definition) is 1. The van der Waals surface area contributed by atoms with Gasteiger partial charge in [0, 0.05) is 19.0 Å². The highest BCUT2D eigenvalue weighted by Crippen LogP contribution is 2.32. The van der Waals surface area contributed by atoms with E-state index in [2.05, 4.69) is 5.32 Å². The van der Waals surface area contributed by atoms with Crippen LogP contribution < -0.4 is 5.32 Å². The van der Waals surface area contributed by atoms with Crippen LogP contribution in [0.25, 0.3) is 6.08 Å². The number of hydrogen-bond acceptors (Lipinski definition) is 6. The van der Waals surface area contributed by atoms with Crippen molar-refractivity contribution in [2.75, 3.05) is 18.1 Å². The van der Waals surface area contributed by atoms with Crippen LogP contribution in [0.5, 0.6) is 0 Å². The zero-order chi connectivity index (χ0) is 20.3. The average molecular weight is 443 g/mol. The molecule has 1 atom stereocenters. The minimum atomic E-state index is -3.04. The fourth-order valence-corrected chi connectivity index (χ4v) is 6.03. The maximum Gasteiger partial charge on any atom is 0.266 e. The number of halogens is 1. The summed E-state index contributed by atoms with van der Waals surface area (Å²) >= 11 is 6.39. The Hall–Kier alpha value is -1.78. The molecule has 2 aliphatic rings. The molecule has 2 aliphatic heterocycles. The first-order chi connectivity index (χ1) is 13.2. The van der Waals surface area contributed by atoms with Crippen LogP contribution in [0.3, 0.4) is 0 Å². The lowest BCUT2D eigenvalue weighted by molar-refractivity contribution is -0.124. The second kappa shape index (κ2) is 8.71. The van der Waals surface area contributed by atoms with Crippen molar-refractivity contribution in [2.24, 2.45) is 0 Å². The maximum absolute atomic E-state index is 13.3. The first kappa shape index (κ1) is 20.9. The molecule has 0 bridgehead atoms. The van der Waals surface area contributed by atoms with Gasteiger partial charge in [-0.05, 0) is 36.6 Å². The molecule has 1 aromatic rings. The number of carbonyl (C=O) groups excluding carboxylic acids is 2. The highest BCUT2D eigenvalue weighted by Gasteiger charge is 2.32. The van der Waals surface area contributed by atoms with E-state index in [0.717, 1.165) is 11.8 Å². The molecular formula is C18H19FN2O4S3. The number of nitrogens with zero attached hydrogens (tertiary/aromatic N) is 1. The van der Waals surface area contributed by atoms with Gasteiger partial charge in [-0.2, -0.15) is 0 Å². The smallest absolute Gasteiger partial charge is 0.266 e. The van der Waals surface area contributed by atoms with E-state index in [1.165, 1.54) is 17.0 Å². The summed E-state index contributed by atoms with van der Waals surface area (Å²) < 4.78 is 36.5. The molecule has 0 saturated carbocycles. The molecule has 3 rings (SSSR count). The molecule has 1 N–H and O–H groups in total. The van der Waals surface area contributed by atoms with Gasteiger partial charge in [0.2, 0.25) is 5.91 Å². The van der Waals surface area contributed by atoms with Gasteiger partial charge in [0.1, 0.15) is 10.1 Å². The quantitative estimate of drug-likeness (QED) is 0.537. The Balaban J connectivity index is 1.50. The monoisotopic (exact) mass is 442 g/mol. The minimum absolute atomic E-state index is 0.0156. The lowest BCUT2D eigenvalue weighted by atomic mass is 10.2. The number of thiocarbonyl (C=S) groups is 1. The van der Waals surface area contributed by atoms with Crippen LogP contribution in [-0.4, -0.2) is 53.5 Å². The predicted molar refractivity (Wildman–Crippen MR) is 111 cm³/mol. The van der Waals surface area contributed by atoms with E-state index in [-0.39, 0.29) is 41.6 Å². The lowest BCUT2D eigenvalue weighted by Gasteiger charge is -2.15. The van der Waals surface area contributed by atoms with Crippen molar-refractivity contribution in [3.63, 3.8) is 0 Å². The van der Waals surface area contributed by atoms with E-state index in [0.29, 0.717) is 34.2 Å². The molecule has 0 spiro atoms. The van der Waals surface area contributed by atoms with Crippen molar-refractivity contribution in [3.8, 4) is 0 Å². The third kappa shape index (κ3) is 5.39. The van der Waals surface area contributed by atoms with Crippen molar-refractivity contribution >= 4 is 56.0 Å². The van der Waals surface area contributed by atoms with Crippen LogP contribution in [0, 0.1) is 5.82 Å². The van der Waals surface area contributed by atoms with Gasteiger partial charge < -0.3 is 5.32 Å². The molecule has 2 heterocycles. The Morgan fingerprint density at radius 2 is 2.21 bits per heavy atom. The molecule has 1 aromatic carbocycles. The molecule has 150 valence electrons. The molecule has 0 radical (unpaired) electrons. The predicted octanol–water partition coefficient (Wildman–Crippen LogP) is 2.11. The zero-order valence-electron chi connectivity index (χ0n) is 14.9. The Morgan fingerprint density at radius 1 is 1.43 bits per heavy atom. The summed E-state index contributed by atoms with van der Waals surface area (Å²) in [5.74, 6) is -0.792. The van der Waals surface area contributed by atoms with Gasteiger partial charge in [0.25, 0.3) is 5.91 Å². The standard InChI is InChI=1S/C18H19FN2O4S3/c19-13-4-1-3-12(9-13)10-15-17(23)21(18(26)27-15)7-2-5-16(22)20-14-6-8-28(24,25)11-14/h1,3-4,9-10,14H,2,5-8,11H2,(H,20,22)/b15-10-. The summed E-state index contributed by atoms with van der Waals surface area (Å²) in [5, 5.41) is 2.72. The van der Waals surface area contributed by atoms with Gasteiger partial charge in [-0.25, -0.2) is 12.8 Å². The molecule has 2 amide bonds. The Morgan fingerprint density at radius 3 is 2.89 bits per heavy atom. The first-order valence-electron chi connectivity index (χ1n) is 8.74. The summed E-state index contributed by atoms with van der Waals surface area (Å²) in [6.45, 7) is 0.293. The number of carbonyl (C=O) groups is 2. The Labute approximate surface area is 172 Å². The van der Waals surface area contributed by atoms with Crippen LogP contribution in [0.2, 0.25) is 0 Å². The van der Waals surface area contributed by atoms with E-state index < -0.39 is 9.84 Å². The van der Waals surface area contributed by atoms with E-state index in [1.807, 2.05) is 0 Å². The second-order valence-corrected chi connectivity index (χ2v) is 10.6. The first-order valence-corrected chi connectivity index (χ1v) is 11.8. The van der Waals surface area contributed by atoms with E-state index >= 15 is 0 Å². The SMILES string of the molecule is O=C(CCCN1C(=O)/C(=C/c2cccc(F)c2)SC1=S)NC1CCS(=O)(=O)C1. The van der Waals surface area contributed by atoms with E-state index in [4.69, 9.17) is 12.2 Å². The van der Waals surface area contributed by atoms with Crippen LogP contribution >= 0.6 is 24.0 Å². The van der Waals surface area contributed by atoms with Crippen molar-refractivity contribution in [1.29, 1.82) is 0 Å². The summed E-state index contributed by atoms with van der Waals surface area (Å²) in [6, 6.07) is 5.59. The molecule has 2 fully saturated rings. The van der Waals surface area contributed by atoms with E-state index in [9.17, 15) is 22.4 Å². The zero-order valence-corrected chi connectivity index (χ0v) is 17.3. The van der Waals surface area contributed by atoms with Crippen molar-refractivity contribution in [3.05, 3.63) is 40.6 Å². The average Bonchev–Trinajstić information content (AvgIpc) is 3.08. The van der Waals surface area contributed by atoms with Crippen LogP contribution in [0.1, 0.15) is 24.8 Å². The number of benzene rings is 1. The van der Waals surface area contributed by atoms with E-state index in [1.54, 1.807) is 18.2 Å². The molecule has 0 aliphatic carbocycles. The molecule has 2 saturated heterocycles. The Bertz CT molecular complexity index is 946. The number of thioether (sulfide) groups is 1. The summed E-state index contributed by atoms with van der Waals surface area (Å²) in [6.07, 6.45) is 2.62. The third-order valence-corrected chi connectivity index (χ3v) is 7.55. The Kier molecular flexibility index (Phi) is 6.51. The van der Waals surface area contributed by atoms with Gasteiger partial charge in [0.05, 0.1) is 16.4 Å². The van der Waals surface area contributed by atoms with Gasteiger partial charge in [-0.3, -0.25) is 14.5 Å². The summed E-state index contributed by atoms with van der Waals surface area (Å²) in [4.78, 5) is 26.4. The highest BCUT2D eigenvalue weighted by atomic mass is 32.2. The van der Waals surface area contributed by atoms with Crippen LogP contribution in [0.15, 0.2) is 29.2 Å². The topological polar surface area (TPSA) is 83.6 Å². The molecule has 1 unspecified atom stereocenters. The summed E-state index contributed by atoms with van der Waals surface area (Å²) in [7, 11) is -3.04. The molecule has 0 aromatic heterocycles. The maximum atomic E-state index is 13.3. The van der Waals surface area contributed by atoms with Gasteiger partial charge in [-0.1, -0.05) is 36.1 Å². The van der Waals surface area contributed by atoms with Gasteiger partial charge >= 0.3 is 0 Å². The van der Waals surface area contributed by atoms with Crippen LogP contribution in [-0.2, 0) is 19.4 Å². The van der Waals surface area contributed by atoms with Crippen molar-refractivity contribution in [1.82, 2.24) is 10.2 Å². The molecule has 28 heavy (non-hydrogen) atoms. The molecule has 6 nitrogen and oxygen atoms in total. The van der Waals surface area contributed by atoms with Crippen LogP contribution in [0.4, 0.5) is 4.39 Å². The third-order valence-electron chi connectivity index (χ3n) is 4.40. The lowest BCUT2D eigenvalue weighted by Crippen LogP contribution is -2.36. The molecule has 10 heteroatoms. The number of sulfone groups is 1. The van der Waals surface area contributed by atoms with Gasteiger partial charge in [-0.15, -0.1) is 0 Å². The van der Waals surface area contributed by atoms with Crippen molar-refractivity contribution in [2.45, 2.75) is 25.3 Å². The second-order valence-electron chi connectivity index (χ2n) is 6.66. The van der Waals surface area contributed by atoms with Crippen molar-refractivity contribution < 1.29 is 22.4 Å². The number of rotatable bonds is 6.